The average Bonchev–Trinajstić information content (AvgIpc) is 2.74. The Bertz CT molecular complexity index is 830. The predicted molar refractivity (Wildman–Crippen MR) is 103 cm³/mol. The summed E-state index contributed by atoms with van der Waals surface area (Å²) in [6.45, 7) is 4.55. The summed E-state index contributed by atoms with van der Waals surface area (Å²) < 4.78 is 5.95. The Balaban J connectivity index is 1.52. The highest BCUT2D eigenvalue weighted by molar-refractivity contribution is 5.66. The molecule has 1 aliphatic heterocycles. The van der Waals surface area contributed by atoms with Crippen molar-refractivity contribution in [3.63, 3.8) is 0 Å². The molecule has 3 heterocycles. The van der Waals surface area contributed by atoms with E-state index in [9.17, 15) is 0 Å². The molecular formula is C21H22N4O. The highest BCUT2D eigenvalue weighted by atomic mass is 16.5. The number of rotatable bonds is 5. The van der Waals surface area contributed by atoms with Crippen molar-refractivity contribution >= 4 is 5.69 Å². The van der Waals surface area contributed by atoms with Gasteiger partial charge in [0.15, 0.2) is 0 Å². The van der Waals surface area contributed by atoms with E-state index in [1.807, 2.05) is 54.7 Å². The van der Waals surface area contributed by atoms with E-state index in [2.05, 4.69) is 26.3 Å². The number of piperazine rings is 1. The zero-order valence-corrected chi connectivity index (χ0v) is 14.6. The van der Waals surface area contributed by atoms with Gasteiger partial charge in [-0.3, -0.25) is 4.98 Å². The summed E-state index contributed by atoms with van der Waals surface area (Å²) >= 11 is 0. The summed E-state index contributed by atoms with van der Waals surface area (Å²) in [5, 5.41) is 3.37. The Hall–Kier alpha value is -2.92. The van der Waals surface area contributed by atoms with Crippen LogP contribution in [0.4, 0.5) is 5.69 Å². The van der Waals surface area contributed by atoms with Crippen LogP contribution >= 0.6 is 0 Å². The van der Waals surface area contributed by atoms with Gasteiger partial charge in [0.2, 0.25) is 5.88 Å². The SMILES string of the molecule is c1ccc(COc2ncccc2-c2ccc(N3CCNCC3)cn2)cc1. The maximum Gasteiger partial charge on any atom is 0.223 e. The smallest absolute Gasteiger partial charge is 0.223 e. The van der Waals surface area contributed by atoms with Crippen LogP contribution in [-0.4, -0.2) is 36.1 Å². The van der Waals surface area contributed by atoms with E-state index in [4.69, 9.17) is 4.74 Å². The van der Waals surface area contributed by atoms with E-state index in [1.54, 1.807) is 6.20 Å². The lowest BCUT2D eigenvalue weighted by atomic mass is 10.1. The first kappa shape index (κ1) is 16.5. The number of nitrogens with one attached hydrogen (secondary N) is 1. The number of anilines is 1. The van der Waals surface area contributed by atoms with Crippen LogP contribution in [0.2, 0.25) is 0 Å². The normalized spacial score (nSPS) is 14.2. The zero-order chi connectivity index (χ0) is 17.6. The van der Waals surface area contributed by atoms with E-state index in [1.165, 1.54) is 0 Å². The molecule has 0 radical (unpaired) electrons. The van der Waals surface area contributed by atoms with Crippen LogP contribution in [0, 0.1) is 0 Å². The maximum absolute atomic E-state index is 5.95. The van der Waals surface area contributed by atoms with E-state index >= 15 is 0 Å². The molecule has 5 heteroatoms. The number of nitrogens with zero attached hydrogens (tertiary/aromatic N) is 3. The Morgan fingerprint density at radius 3 is 2.54 bits per heavy atom. The molecule has 0 amide bonds. The van der Waals surface area contributed by atoms with Crippen LogP contribution in [0.25, 0.3) is 11.3 Å². The molecule has 4 rings (SSSR count). The molecule has 5 nitrogen and oxygen atoms in total. The lowest BCUT2D eigenvalue weighted by Crippen LogP contribution is -2.43. The molecule has 0 unspecified atom stereocenters. The molecular weight excluding hydrogens is 324 g/mol. The molecule has 1 N–H and O–H groups in total. The quantitative estimate of drug-likeness (QED) is 0.769. The summed E-state index contributed by atoms with van der Waals surface area (Å²) in [7, 11) is 0. The maximum atomic E-state index is 5.95. The monoisotopic (exact) mass is 346 g/mol. The second-order valence-corrected chi connectivity index (χ2v) is 6.27. The second-order valence-electron chi connectivity index (χ2n) is 6.27. The summed E-state index contributed by atoms with van der Waals surface area (Å²) in [6, 6.07) is 18.2. The molecule has 0 saturated carbocycles. The van der Waals surface area contributed by atoms with Gasteiger partial charge in [-0.15, -0.1) is 0 Å². The first-order chi connectivity index (χ1) is 12.9. The van der Waals surface area contributed by atoms with Crippen molar-refractivity contribution in [2.75, 3.05) is 31.1 Å². The lowest BCUT2D eigenvalue weighted by molar-refractivity contribution is 0.295. The van der Waals surface area contributed by atoms with E-state index in [0.717, 1.165) is 48.7 Å². The third-order valence-electron chi connectivity index (χ3n) is 4.50. The largest absolute Gasteiger partial charge is 0.472 e. The van der Waals surface area contributed by atoms with Gasteiger partial charge < -0.3 is 15.0 Å². The second kappa shape index (κ2) is 7.97. The molecule has 132 valence electrons. The van der Waals surface area contributed by atoms with Gasteiger partial charge in [-0.1, -0.05) is 30.3 Å². The highest BCUT2D eigenvalue weighted by Gasteiger charge is 2.13. The van der Waals surface area contributed by atoms with Gasteiger partial charge in [0.1, 0.15) is 6.61 Å². The molecule has 1 saturated heterocycles. The van der Waals surface area contributed by atoms with Crippen LogP contribution in [-0.2, 0) is 6.61 Å². The van der Waals surface area contributed by atoms with Crippen molar-refractivity contribution in [1.82, 2.24) is 15.3 Å². The fraction of sp³-hybridized carbons (Fsp3) is 0.238. The van der Waals surface area contributed by atoms with Crippen molar-refractivity contribution in [2.45, 2.75) is 6.61 Å². The zero-order valence-electron chi connectivity index (χ0n) is 14.6. The fourth-order valence-corrected chi connectivity index (χ4v) is 3.08. The number of hydrogen-bond donors (Lipinski definition) is 1. The molecule has 2 aromatic heterocycles. The molecule has 3 aromatic rings. The number of hydrogen-bond acceptors (Lipinski definition) is 5. The van der Waals surface area contributed by atoms with Gasteiger partial charge in [0.05, 0.1) is 23.1 Å². The van der Waals surface area contributed by atoms with Gasteiger partial charge in [0.25, 0.3) is 0 Å². The van der Waals surface area contributed by atoms with Crippen LogP contribution in [0.15, 0.2) is 67.0 Å². The number of aromatic nitrogens is 2. The molecule has 0 spiro atoms. The molecule has 26 heavy (non-hydrogen) atoms. The van der Waals surface area contributed by atoms with Gasteiger partial charge in [-0.05, 0) is 29.8 Å². The summed E-state index contributed by atoms with van der Waals surface area (Å²) in [5.74, 6) is 0.610. The van der Waals surface area contributed by atoms with Gasteiger partial charge >= 0.3 is 0 Å². The summed E-state index contributed by atoms with van der Waals surface area (Å²) in [5.41, 5.74) is 4.06. The van der Waals surface area contributed by atoms with Gasteiger partial charge in [0, 0.05) is 32.4 Å². The average molecular weight is 346 g/mol. The minimum atomic E-state index is 0.490. The third kappa shape index (κ3) is 3.83. The van der Waals surface area contributed by atoms with Gasteiger partial charge in [-0.2, -0.15) is 0 Å². The Morgan fingerprint density at radius 1 is 0.923 bits per heavy atom. The number of pyridine rings is 2. The van der Waals surface area contributed by atoms with E-state index < -0.39 is 0 Å². The van der Waals surface area contributed by atoms with E-state index in [0.29, 0.717) is 12.5 Å². The molecule has 0 bridgehead atoms. The van der Waals surface area contributed by atoms with Crippen LogP contribution < -0.4 is 15.0 Å². The minimum Gasteiger partial charge on any atom is -0.472 e. The Kier molecular flexibility index (Phi) is 5.07. The topological polar surface area (TPSA) is 50.3 Å². The van der Waals surface area contributed by atoms with E-state index in [-0.39, 0.29) is 0 Å². The predicted octanol–water partition coefficient (Wildman–Crippen LogP) is 3.13. The van der Waals surface area contributed by atoms with Crippen molar-refractivity contribution in [3.05, 3.63) is 72.6 Å². The third-order valence-corrected chi connectivity index (χ3v) is 4.50. The number of benzene rings is 1. The molecule has 1 fully saturated rings. The first-order valence-electron chi connectivity index (χ1n) is 8.94. The molecule has 0 aliphatic carbocycles. The molecule has 1 aromatic carbocycles. The first-order valence-corrected chi connectivity index (χ1v) is 8.94. The highest BCUT2D eigenvalue weighted by Crippen LogP contribution is 2.28. The minimum absolute atomic E-state index is 0.490. The van der Waals surface area contributed by atoms with Crippen LogP contribution in [0.5, 0.6) is 5.88 Å². The van der Waals surface area contributed by atoms with Crippen molar-refractivity contribution in [2.24, 2.45) is 0 Å². The van der Waals surface area contributed by atoms with Crippen molar-refractivity contribution < 1.29 is 4.74 Å². The summed E-state index contributed by atoms with van der Waals surface area (Å²) in [4.78, 5) is 11.4. The van der Waals surface area contributed by atoms with Crippen LogP contribution in [0.1, 0.15) is 5.56 Å². The van der Waals surface area contributed by atoms with Crippen molar-refractivity contribution in [1.29, 1.82) is 0 Å². The standard InChI is InChI=1S/C21H22N4O/c1-2-5-17(6-3-1)16-26-21-19(7-4-10-23-21)20-9-8-18(15-24-20)25-13-11-22-12-14-25/h1-10,15,22H,11-14,16H2. The van der Waals surface area contributed by atoms with Crippen molar-refractivity contribution in [3.8, 4) is 17.1 Å². The number of ether oxygens (including phenoxy) is 1. The Morgan fingerprint density at radius 2 is 1.77 bits per heavy atom. The summed E-state index contributed by atoms with van der Waals surface area (Å²) in [6.07, 6.45) is 3.69. The Labute approximate surface area is 153 Å². The van der Waals surface area contributed by atoms with Crippen LogP contribution in [0.3, 0.4) is 0 Å². The lowest BCUT2D eigenvalue weighted by Gasteiger charge is -2.29. The fourth-order valence-electron chi connectivity index (χ4n) is 3.08. The molecule has 0 atom stereocenters. The van der Waals surface area contributed by atoms with Gasteiger partial charge in [-0.25, -0.2) is 4.98 Å². The molecule has 1 aliphatic rings.